The summed E-state index contributed by atoms with van der Waals surface area (Å²) in [4.78, 5) is 12.1. The first-order chi connectivity index (χ1) is 20.1. The van der Waals surface area contributed by atoms with Crippen LogP contribution in [0.5, 0.6) is 0 Å². The number of hydrogen-bond donors (Lipinski definition) is 1. The summed E-state index contributed by atoms with van der Waals surface area (Å²) in [6.45, 7) is 0.954. The van der Waals surface area contributed by atoms with Crippen LogP contribution in [0, 0.1) is 10.1 Å². The fourth-order valence-corrected chi connectivity index (χ4v) is 6.04. The number of nitro groups is 1. The highest BCUT2D eigenvalue weighted by atomic mass is 79.9. The molecular formula is C34H27BrN4O2. The van der Waals surface area contributed by atoms with E-state index in [2.05, 4.69) is 57.6 Å². The van der Waals surface area contributed by atoms with Crippen LogP contribution >= 0.6 is 15.9 Å². The number of nitrogens with zero attached hydrogens (tertiary/aromatic N) is 3. The van der Waals surface area contributed by atoms with Gasteiger partial charge in [-0.2, -0.15) is 5.10 Å². The second-order valence-corrected chi connectivity index (χ2v) is 10.6. The van der Waals surface area contributed by atoms with Crippen molar-refractivity contribution in [1.82, 2.24) is 15.1 Å². The number of benzene rings is 5. The van der Waals surface area contributed by atoms with E-state index in [0.717, 1.165) is 27.6 Å². The predicted molar refractivity (Wildman–Crippen MR) is 166 cm³/mol. The maximum absolute atomic E-state index is 12.4. The van der Waals surface area contributed by atoms with Gasteiger partial charge in [-0.25, -0.2) is 4.68 Å². The summed E-state index contributed by atoms with van der Waals surface area (Å²) in [6, 6.07) is 44.0. The molecule has 6 rings (SSSR count). The Morgan fingerprint density at radius 2 is 1.22 bits per heavy atom. The summed E-state index contributed by atoms with van der Waals surface area (Å²) in [5.41, 5.74) is 4.50. The molecule has 1 N–H and O–H groups in total. The number of nitro benzene ring substituents is 1. The molecule has 0 amide bonds. The van der Waals surface area contributed by atoms with E-state index in [4.69, 9.17) is 5.10 Å². The Balaban J connectivity index is 1.58. The van der Waals surface area contributed by atoms with Crippen LogP contribution in [0.2, 0.25) is 0 Å². The number of hydrogen-bond acceptors (Lipinski definition) is 4. The lowest BCUT2D eigenvalue weighted by Gasteiger charge is -2.37. The van der Waals surface area contributed by atoms with Gasteiger partial charge >= 0.3 is 0 Å². The zero-order chi connectivity index (χ0) is 28.2. The van der Waals surface area contributed by atoms with Crippen molar-refractivity contribution < 1.29 is 4.92 Å². The zero-order valence-corrected chi connectivity index (χ0v) is 23.7. The predicted octanol–water partition coefficient (Wildman–Crippen LogP) is 7.84. The molecule has 0 spiro atoms. The van der Waals surface area contributed by atoms with Gasteiger partial charge in [0.1, 0.15) is 10.1 Å². The standard InChI is InChI=1S/C34H27BrN4O2/c35-33-30-21-26(24-36-23-25-13-5-1-6-14-25)31(39(40)41)22-32(30)38(37-33)34(27-15-7-2-8-16-27,28-17-9-3-10-18-28)29-19-11-4-12-20-29/h1-22,36H,23-24H2. The minimum absolute atomic E-state index is 0.0507. The van der Waals surface area contributed by atoms with Crippen LogP contribution < -0.4 is 5.32 Å². The van der Waals surface area contributed by atoms with Crippen molar-refractivity contribution in [3.05, 3.63) is 176 Å². The summed E-state index contributed by atoms with van der Waals surface area (Å²) in [7, 11) is 0. The number of halogens is 1. The molecule has 0 saturated carbocycles. The molecule has 41 heavy (non-hydrogen) atoms. The number of rotatable bonds is 9. The molecule has 0 aliphatic rings. The molecule has 0 bridgehead atoms. The second kappa shape index (κ2) is 11.5. The first-order valence-corrected chi connectivity index (χ1v) is 14.2. The Labute approximate surface area is 246 Å². The van der Waals surface area contributed by atoms with Crippen LogP contribution in [-0.4, -0.2) is 14.7 Å². The minimum Gasteiger partial charge on any atom is -0.308 e. The van der Waals surface area contributed by atoms with Crippen molar-refractivity contribution in [3.8, 4) is 0 Å². The molecule has 7 heteroatoms. The van der Waals surface area contributed by atoms with Gasteiger partial charge < -0.3 is 5.32 Å². The van der Waals surface area contributed by atoms with E-state index in [1.807, 2.05) is 95.7 Å². The van der Waals surface area contributed by atoms with E-state index >= 15 is 0 Å². The average Bonchev–Trinajstić information content (AvgIpc) is 3.34. The SMILES string of the molecule is O=[N+]([O-])c1cc2c(cc1CNCc1ccccc1)c(Br)nn2C(c1ccccc1)(c1ccccc1)c1ccccc1. The average molecular weight is 604 g/mol. The Morgan fingerprint density at radius 3 is 1.71 bits per heavy atom. The van der Waals surface area contributed by atoms with Crippen LogP contribution in [0.3, 0.4) is 0 Å². The van der Waals surface area contributed by atoms with Crippen molar-refractivity contribution in [2.75, 3.05) is 0 Å². The van der Waals surface area contributed by atoms with Gasteiger partial charge in [0.2, 0.25) is 0 Å². The Kier molecular flexibility index (Phi) is 7.46. The van der Waals surface area contributed by atoms with E-state index in [1.54, 1.807) is 6.07 Å². The van der Waals surface area contributed by atoms with Crippen molar-refractivity contribution in [2.45, 2.75) is 18.6 Å². The largest absolute Gasteiger partial charge is 0.308 e. The molecule has 1 heterocycles. The summed E-state index contributed by atoms with van der Waals surface area (Å²) >= 11 is 3.71. The maximum Gasteiger partial charge on any atom is 0.276 e. The van der Waals surface area contributed by atoms with Gasteiger partial charge in [-0.15, -0.1) is 0 Å². The summed E-state index contributed by atoms with van der Waals surface area (Å²) in [5, 5.41) is 21.6. The Bertz CT molecular complexity index is 1690. The van der Waals surface area contributed by atoms with E-state index in [9.17, 15) is 10.1 Å². The van der Waals surface area contributed by atoms with E-state index in [0.29, 0.717) is 28.8 Å². The van der Waals surface area contributed by atoms with Crippen LogP contribution in [0.15, 0.2) is 138 Å². The molecule has 0 unspecified atom stereocenters. The highest BCUT2D eigenvalue weighted by Crippen LogP contribution is 2.44. The first-order valence-electron chi connectivity index (χ1n) is 13.4. The molecule has 1 aromatic heterocycles. The van der Waals surface area contributed by atoms with Crippen molar-refractivity contribution in [2.24, 2.45) is 0 Å². The molecule has 0 saturated heterocycles. The second-order valence-electron chi connectivity index (χ2n) is 9.86. The third-order valence-corrected chi connectivity index (χ3v) is 8.00. The van der Waals surface area contributed by atoms with E-state index in [1.165, 1.54) is 0 Å². The van der Waals surface area contributed by atoms with Crippen molar-refractivity contribution >= 4 is 32.5 Å². The summed E-state index contributed by atoms with van der Waals surface area (Å²) in [6.07, 6.45) is 0. The molecule has 0 atom stereocenters. The fourth-order valence-electron chi connectivity index (χ4n) is 5.57. The number of aromatic nitrogens is 2. The van der Waals surface area contributed by atoms with Gasteiger partial charge in [-0.1, -0.05) is 121 Å². The van der Waals surface area contributed by atoms with Crippen LogP contribution in [0.25, 0.3) is 10.9 Å². The quantitative estimate of drug-likeness (QED) is 0.104. The minimum atomic E-state index is -0.894. The number of fused-ring (bicyclic) bond motifs is 1. The van der Waals surface area contributed by atoms with Crippen LogP contribution in [0.4, 0.5) is 5.69 Å². The summed E-state index contributed by atoms with van der Waals surface area (Å²) < 4.78 is 2.56. The first kappa shape index (κ1) is 26.6. The monoisotopic (exact) mass is 602 g/mol. The van der Waals surface area contributed by atoms with Crippen LogP contribution in [-0.2, 0) is 18.6 Å². The van der Waals surface area contributed by atoms with Gasteiger partial charge in [0, 0.05) is 30.1 Å². The van der Waals surface area contributed by atoms with Crippen molar-refractivity contribution in [1.29, 1.82) is 0 Å². The summed E-state index contributed by atoms with van der Waals surface area (Å²) in [5.74, 6) is 0. The Hall–Kier alpha value is -4.59. The van der Waals surface area contributed by atoms with Gasteiger partial charge in [0.05, 0.1) is 10.4 Å². The van der Waals surface area contributed by atoms with Gasteiger partial charge in [0.15, 0.2) is 0 Å². The lowest BCUT2D eigenvalue weighted by molar-refractivity contribution is -0.385. The molecule has 0 aliphatic carbocycles. The molecule has 0 radical (unpaired) electrons. The smallest absolute Gasteiger partial charge is 0.276 e. The highest BCUT2D eigenvalue weighted by Gasteiger charge is 2.41. The van der Waals surface area contributed by atoms with Gasteiger partial charge in [-0.3, -0.25) is 10.1 Å². The lowest BCUT2D eigenvalue weighted by Crippen LogP contribution is -2.38. The van der Waals surface area contributed by atoms with Gasteiger partial charge in [-0.05, 0) is 44.3 Å². The highest BCUT2D eigenvalue weighted by molar-refractivity contribution is 9.10. The third kappa shape index (κ3) is 4.94. The lowest BCUT2D eigenvalue weighted by atomic mass is 9.77. The third-order valence-electron chi connectivity index (χ3n) is 7.41. The molecule has 6 aromatic rings. The fraction of sp³-hybridized carbons (Fsp3) is 0.0882. The maximum atomic E-state index is 12.4. The number of nitrogens with one attached hydrogen (secondary N) is 1. The van der Waals surface area contributed by atoms with Gasteiger partial charge in [0.25, 0.3) is 5.69 Å². The molecule has 6 nitrogen and oxygen atoms in total. The van der Waals surface area contributed by atoms with E-state index < -0.39 is 5.54 Å². The van der Waals surface area contributed by atoms with Crippen molar-refractivity contribution in [3.63, 3.8) is 0 Å². The molecule has 5 aromatic carbocycles. The van der Waals surface area contributed by atoms with Crippen LogP contribution in [0.1, 0.15) is 27.8 Å². The molecule has 202 valence electrons. The molecule has 0 fully saturated rings. The Morgan fingerprint density at radius 1 is 0.732 bits per heavy atom. The topological polar surface area (TPSA) is 73.0 Å². The zero-order valence-electron chi connectivity index (χ0n) is 22.2. The van der Waals surface area contributed by atoms with E-state index in [-0.39, 0.29) is 10.6 Å². The normalized spacial score (nSPS) is 11.5. The molecular weight excluding hydrogens is 576 g/mol. The molecule has 0 aliphatic heterocycles.